The Balaban J connectivity index is 1.45. The zero-order valence-corrected chi connectivity index (χ0v) is 22.5. The first-order chi connectivity index (χ1) is 18.5. The van der Waals surface area contributed by atoms with Crippen LogP contribution in [0.15, 0.2) is 65.6 Å². The molecule has 204 valence electrons. The number of anilines is 2. The predicted octanol–water partition coefficient (Wildman–Crippen LogP) is 4.00. The van der Waals surface area contributed by atoms with Gasteiger partial charge in [0, 0.05) is 12.1 Å². The quantitative estimate of drug-likeness (QED) is 0.258. The number of sulfonamides is 2. The van der Waals surface area contributed by atoms with Crippen LogP contribution < -0.4 is 19.9 Å². The smallest absolute Gasteiger partial charge is 0.238 e. The molecule has 1 fully saturated rings. The van der Waals surface area contributed by atoms with Crippen LogP contribution in [0.4, 0.5) is 16.0 Å². The number of primary sulfonamides is 1. The number of halogens is 1. The highest BCUT2D eigenvalue weighted by atomic mass is 32.2. The molecule has 0 saturated heterocycles. The minimum atomic E-state index is -3.78. The predicted molar refractivity (Wildman–Crippen MR) is 147 cm³/mol. The number of nitrogens with two attached hydrogens (primary N) is 1. The van der Waals surface area contributed by atoms with E-state index in [0.717, 1.165) is 5.56 Å². The Hall–Kier alpha value is -3.81. The molecular weight excluding hydrogens is 545 g/mol. The molecule has 10 nitrogen and oxygen atoms in total. The topological polar surface area (TPSA) is 153 Å². The minimum Gasteiger partial charge on any atom is -0.477 e. The molecule has 0 unspecified atom stereocenters. The molecule has 4 aromatic rings. The van der Waals surface area contributed by atoms with Gasteiger partial charge in [-0.05, 0) is 73.4 Å². The Morgan fingerprint density at radius 3 is 2.41 bits per heavy atom. The lowest BCUT2D eigenvalue weighted by Gasteiger charge is -2.15. The third-order valence-electron chi connectivity index (χ3n) is 6.15. The molecule has 0 atom stereocenters. The molecule has 0 aliphatic heterocycles. The second-order valence-electron chi connectivity index (χ2n) is 9.10. The maximum absolute atomic E-state index is 14.1. The van der Waals surface area contributed by atoms with Gasteiger partial charge in [0.2, 0.25) is 31.9 Å². The molecular formula is C26H26FN5O5S2. The van der Waals surface area contributed by atoms with E-state index in [2.05, 4.69) is 20.0 Å². The van der Waals surface area contributed by atoms with Crippen molar-refractivity contribution >= 4 is 42.6 Å². The maximum Gasteiger partial charge on any atom is 0.238 e. The summed E-state index contributed by atoms with van der Waals surface area (Å²) in [5.41, 5.74) is 2.67. The SMILES string of the molecule is CCOc1nc(NCc2ccc(S(N)(=O)=O)cc2)nc2ccc(-c3ccc(F)cc3NS(=O)(=O)C3CC3)cc12. The number of fused-ring (bicyclic) bond motifs is 1. The first-order valence-electron chi connectivity index (χ1n) is 12.2. The van der Waals surface area contributed by atoms with E-state index in [1.54, 1.807) is 30.3 Å². The molecule has 0 amide bonds. The van der Waals surface area contributed by atoms with Crippen LogP contribution in [0.25, 0.3) is 22.0 Å². The summed E-state index contributed by atoms with van der Waals surface area (Å²) in [6, 6.07) is 15.4. The molecule has 4 N–H and O–H groups in total. The summed E-state index contributed by atoms with van der Waals surface area (Å²) in [6.45, 7) is 2.48. The van der Waals surface area contributed by atoms with Crippen molar-refractivity contribution < 1.29 is 26.0 Å². The van der Waals surface area contributed by atoms with Crippen LogP contribution in [-0.2, 0) is 26.6 Å². The van der Waals surface area contributed by atoms with Gasteiger partial charge in [0.15, 0.2) is 0 Å². The fourth-order valence-electron chi connectivity index (χ4n) is 4.04. The van der Waals surface area contributed by atoms with Gasteiger partial charge in [0.25, 0.3) is 0 Å². The third-order valence-corrected chi connectivity index (χ3v) is 8.94. The van der Waals surface area contributed by atoms with E-state index in [9.17, 15) is 21.2 Å². The van der Waals surface area contributed by atoms with Crippen LogP contribution in [0, 0.1) is 5.82 Å². The van der Waals surface area contributed by atoms with Gasteiger partial charge in [-0.2, -0.15) is 4.98 Å². The molecule has 39 heavy (non-hydrogen) atoms. The standard InChI is InChI=1S/C26H26FN5O5S2/c1-2-37-25-22-13-17(21-11-6-18(27)14-24(21)32-39(35,36)20-9-10-20)5-12-23(22)30-26(31-25)29-15-16-3-7-19(8-4-16)38(28,33)34/h3-8,11-14,20,32H,2,9-10,15H2,1H3,(H2,28,33,34)(H,29,30,31). The van der Waals surface area contributed by atoms with Crippen molar-refractivity contribution in [2.75, 3.05) is 16.6 Å². The van der Waals surface area contributed by atoms with E-state index in [0.29, 0.717) is 59.9 Å². The van der Waals surface area contributed by atoms with Gasteiger partial charge < -0.3 is 10.1 Å². The van der Waals surface area contributed by atoms with E-state index in [1.807, 2.05) is 6.92 Å². The maximum atomic E-state index is 14.1. The fourth-order valence-corrected chi connectivity index (χ4v) is 5.95. The first-order valence-corrected chi connectivity index (χ1v) is 15.2. The lowest BCUT2D eigenvalue weighted by Crippen LogP contribution is -2.18. The largest absolute Gasteiger partial charge is 0.477 e. The fraction of sp³-hybridized carbons (Fsp3) is 0.231. The minimum absolute atomic E-state index is 0.0206. The summed E-state index contributed by atoms with van der Waals surface area (Å²) in [6.07, 6.45) is 1.17. The number of benzene rings is 3. The highest BCUT2D eigenvalue weighted by Gasteiger charge is 2.36. The average Bonchev–Trinajstić information content (AvgIpc) is 3.74. The van der Waals surface area contributed by atoms with Gasteiger partial charge in [-0.3, -0.25) is 4.72 Å². The van der Waals surface area contributed by atoms with E-state index in [4.69, 9.17) is 9.88 Å². The van der Waals surface area contributed by atoms with Gasteiger partial charge in [-0.25, -0.2) is 31.3 Å². The molecule has 3 aromatic carbocycles. The summed E-state index contributed by atoms with van der Waals surface area (Å²) < 4.78 is 70.5. The van der Waals surface area contributed by atoms with Crippen molar-refractivity contribution in [1.29, 1.82) is 0 Å². The Morgan fingerprint density at radius 1 is 1.00 bits per heavy atom. The molecule has 1 aromatic heterocycles. The van der Waals surface area contributed by atoms with E-state index < -0.39 is 31.1 Å². The first kappa shape index (κ1) is 26.8. The van der Waals surface area contributed by atoms with Crippen molar-refractivity contribution in [2.24, 2.45) is 5.14 Å². The molecule has 0 spiro atoms. The number of hydrogen-bond acceptors (Lipinski definition) is 8. The van der Waals surface area contributed by atoms with E-state index >= 15 is 0 Å². The highest BCUT2D eigenvalue weighted by molar-refractivity contribution is 7.93. The Labute approximate surface area is 225 Å². The van der Waals surface area contributed by atoms with Crippen LogP contribution in [0.1, 0.15) is 25.3 Å². The summed E-state index contributed by atoms with van der Waals surface area (Å²) in [5.74, 6) is 0.0638. The summed E-state index contributed by atoms with van der Waals surface area (Å²) >= 11 is 0. The number of hydrogen-bond donors (Lipinski definition) is 3. The normalized spacial score (nSPS) is 13.8. The van der Waals surface area contributed by atoms with Crippen LogP contribution in [0.2, 0.25) is 0 Å². The summed E-state index contributed by atoms with van der Waals surface area (Å²) in [7, 11) is -7.38. The number of nitrogens with one attached hydrogen (secondary N) is 2. The van der Waals surface area contributed by atoms with Crippen molar-refractivity contribution in [2.45, 2.75) is 36.5 Å². The number of aromatic nitrogens is 2. The molecule has 0 radical (unpaired) electrons. The van der Waals surface area contributed by atoms with Crippen LogP contribution in [0.3, 0.4) is 0 Å². The van der Waals surface area contributed by atoms with Gasteiger partial charge in [0.05, 0.1) is 33.3 Å². The van der Waals surface area contributed by atoms with Crippen molar-refractivity contribution in [3.8, 4) is 17.0 Å². The molecule has 1 heterocycles. The summed E-state index contributed by atoms with van der Waals surface area (Å²) in [5, 5.41) is 8.40. The van der Waals surface area contributed by atoms with Crippen molar-refractivity contribution in [1.82, 2.24) is 9.97 Å². The van der Waals surface area contributed by atoms with E-state index in [-0.39, 0.29) is 10.6 Å². The molecule has 13 heteroatoms. The Kier molecular flexibility index (Phi) is 7.14. The van der Waals surface area contributed by atoms with Gasteiger partial charge in [0.1, 0.15) is 5.82 Å². The van der Waals surface area contributed by atoms with Crippen LogP contribution in [0.5, 0.6) is 5.88 Å². The zero-order valence-electron chi connectivity index (χ0n) is 20.9. The lowest BCUT2D eigenvalue weighted by molar-refractivity contribution is 0.331. The van der Waals surface area contributed by atoms with E-state index in [1.165, 1.54) is 30.3 Å². The number of nitrogens with zero attached hydrogens (tertiary/aromatic N) is 2. The third kappa shape index (κ3) is 6.10. The molecule has 1 saturated carbocycles. The molecule has 0 bridgehead atoms. The molecule has 1 aliphatic carbocycles. The van der Waals surface area contributed by atoms with Gasteiger partial charge >= 0.3 is 0 Å². The van der Waals surface area contributed by atoms with Gasteiger partial charge in [-0.15, -0.1) is 0 Å². The number of ether oxygens (including phenoxy) is 1. The van der Waals surface area contributed by atoms with Crippen LogP contribution in [-0.4, -0.2) is 38.7 Å². The van der Waals surface area contributed by atoms with Crippen LogP contribution >= 0.6 is 0 Å². The van der Waals surface area contributed by atoms with Gasteiger partial charge in [-0.1, -0.05) is 18.2 Å². The Morgan fingerprint density at radius 2 is 1.74 bits per heavy atom. The lowest BCUT2D eigenvalue weighted by atomic mass is 10.0. The second kappa shape index (κ2) is 10.4. The second-order valence-corrected chi connectivity index (χ2v) is 12.6. The molecule has 1 aliphatic rings. The summed E-state index contributed by atoms with van der Waals surface area (Å²) in [4.78, 5) is 9.08. The Bertz CT molecular complexity index is 1760. The monoisotopic (exact) mass is 571 g/mol. The molecule has 5 rings (SSSR count). The average molecular weight is 572 g/mol. The zero-order chi connectivity index (χ0) is 27.8. The van der Waals surface area contributed by atoms with Crippen molar-refractivity contribution in [3.63, 3.8) is 0 Å². The highest BCUT2D eigenvalue weighted by Crippen LogP contribution is 2.36. The number of rotatable bonds is 10. The van der Waals surface area contributed by atoms with Crippen molar-refractivity contribution in [3.05, 3.63) is 72.0 Å².